The van der Waals surface area contributed by atoms with Crippen molar-refractivity contribution in [2.24, 2.45) is 0 Å². The molecule has 5 nitrogen and oxygen atoms in total. The van der Waals surface area contributed by atoms with Crippen LogP contribution in [0.2, 0.25) is 10.0 Å². The molecule has 1 aliphatic carbocycles. The van der Waals surface area contributed by atoms with Crippen LogP contribution in [0.4, 0.5) is 0 Å². The molecule has 2 unspecified atom stereocenters. The summed E-state index contributed by atoms with van der Waals surface area (Å²) < 4.78 is 0. The molecule has 3 rings (SSSR count). The highest BCUT2D eigenvalue weighted by Crippen LogP contribution is 2.27. The molecule has 1 saturated carbocycles. The van der Waals surface area contributed by atoms with Crippen molar-refractivity contribution in [3.8, 4) is 0 Å². The Kier molecular flexibility index (Phi) is 5.98. The van der Waals surface area contributed by atoms with E-state index in [1.165, 1.54) is 0 Å². The number of hydrogen-bond acceptors (Lipinski definition) is 4. The normalized spacial score (nSPS) is 26.4. The second-order valence-corrected chi connectivity index (χ2v) is 7.58. The Hall–Kier alpha value is -0.880. The SMILES string of the molecule is O=[N+]([O-])C1CCCCC1N1CCN(Cc2ccc(Cl)c(Cl)c2)CC1. The molecule has 0 spiro atoms. The zero-order valence-corrected chi connectivity index (χ0v) is 15.2. The summed E-state index contributed by atoms with van der Waals surface area (Å²) in [6.07, 6.45) is 3.78. The molecule has 1 saturated heterocycles. The average molecular weight is 372 g/mol. The lowest BCUT2D eigenvalue weighted by molar-refractivity contribution is -0.534. The summed E-state index contributed by atoms with van der Waals surface area (Å²) >= 11 is 12.0. The molecule has 1 aliphatic heterocycles. The van der Waals surface area contributed by atoms with E-state index in [2.05, 4.69) is 9.80 Å². The first kappa shape index (κ1) is 17.9. The Morgan fingerprint density at radius 1 is 1.08 bits per heavy atom. The van der Waals surface area contributed by atoms with Crippen LogP contribution >= 0.6 is 23.2 Å². The number of benzene rings is 1. The minimum absolute atomic E-state index is 0.0636. The number of nitro groups is 1. The van der Waals surface area contributed by atoms with Crippen LogP contribution in [0.3, 0.4) is 0 Å². The molecule has 0 radical (unpaired) electrons. The standard InChI is InChI=1S/C17H23Cl2N3O2/c18-14-6-5-13(11-15(14)19)12-20-7-9-21(10-8-20)16-3-1-2-4-17(16)22(23)24/h5-6,11,16-17H,1-4,7-10,12H2. The first-order chi connectivity index (χ1) is 11.5. The molecule has 0 aromatic heterocycles. The van der Waals surface area contributed by atoms with Crippen LogP contribution in [-0.2, 0) is 6.54 Å². The summed E-state index contributed by atoms with van der Waals surface area (Å²) in [5.41, 5.74) is 1.15. The maximum Gasteiger partial charge on any atom is 0.228 e. The number of hydrogen-bond donors (Lipinski definition) is 0. The van der Waals surface area contributed by atoms with E-state index in [1.807, 2.05) is 18.2 Å². The van der Waals surface area contributed by atoms with Gasteiger partial charge in [0.05, 0.1) is 16.1 Å². The highest BCUT2D eigenvalue weighted by Gasteiger charge is 2.38. The van der Waals surface area contributed by atoms with Gasteiger partial charge in [-0.05, 0) is 30.5 Å². The first-order valence-electron chi connectivity index (χ1n) is 8.58. The second-order valence-electron chi connectivity index (χ2n) is 6.77. The molecule has 7 heteroatoms. The molecule has 1 aromatic carbocycles. The number of piperazine rings is 1. The van der Waals surface area contributed by atoms with Crippen LogP contribution < -0.4 is 0 Å². The Labute approximate surface area is 152 Å². The molecule has 2 fully saturated rings. The second kappa shape index (κ2) is 8.00. The molecule has 2 atom stereocenters. The van der Waals surface area contributed by atoms with E-state index in [-0.39, 0.29) is 17.0 Å². The number of nitrogens with zero attached hydrogens (tertiary/aromatic N) is 3. The van der Waals surface area contributed by atoms with Crippen molar-refractivity contribution >= 4 is 23.2 Å². The third-order valence-electron chi connectivity index (χ3n) is 5.23. The lowest BCUT2D eigenvalue weighted by Crippen LogP contribution is -2.55. The molecular weight excluding hydrogens is 349 g/mol. The molecule has 132 valence electrons. The van der Waals surface area contributed by atoms with Crippen molar-refractivity contribution in [3.05, 3.63) is 43.9 Å². The molecule has 1 aromatic rings. The minimum Gasteiger partial charge on any atom is -0.297 e. The van der Waals surface area contributed by atoms with Crippen LogP contribution in [0.5, 0.6) is 0 Å². The van der Waals surface area contributed by atoms with Gasteiger partial charge in [-0.15, -0.1) is 0 Å². The predicted molar refractivity (Wildman–Crippen MR) is 96.4 cm³/mol. The Bertz CT molecular complexity index is 591. The van der Waals surface area contributed by atoms with E-state index in [4.69, 9.17) is 23.2 Å². The van der Waals surface area contributed by atoms with Gasteiger partial charge in [0.25, 0.3) is 0 Å². The van der Waals surface area contributed by atoms with Crippen molar-refractivity contribution in [1.82, 2.24) is 9.80 Å². The van der Waals surface area contributed by atoms with Gasteiger partial charge in [0.15, 0.2) is 0 Å². The summed E-state index contributed by atoms with van der Waals surface area (Å²) in [6, 6.07) is 5.48. The van der Waals surface area contributed by atoms with Gasteiger partial charge in [-0.25, -0.2) is 0 Å². The summed E-state index contributed by atoms with van der Waals surface area (Å²) in [5, 5.41) is 12.5. The quantitative estimate of drug-likeness (QED) is 0.597. The summed E-state index contributed by atoms with van der Waals surface area (Å²) in [4.78, 5) is 16.0. The zero-order valence-electron chi connectivity index (χ0n) is 13.7. The van der Waals surface area contributed by atoms with Crippen molar-refractivity contribution < 1.29 is 4.92 Å². The Morgan fingerprint density at radius 2 is 1.79 bits per heavy atom. The Balaban J connectivity index is 1.55. The van der Waals surface area contributed by atoms with Gasteiger partial charge in [-0.3, -0.25) is 19.9 Å². The van der Waals surface area contributed by atoms with Crippen molar-refractivity contribution in [3.63, 3.8) is 0 Å². The van der Waals surface area contributed by atoms with E-state index in [9.17, 15) is 10.1 Å². The molecule has 1 heterocycles. The molecule has 0 bridgehead atoms. The van der Waals surface area contributed by atoms with Gasteiger partial charge in [-0.2, -0.15) is 0 Å². The highest BCUT2D eigenvalue weighted by atomic mass is 35.5. The first-order valence-corrected chi connectivity index (χ1v) is 9.34. The molecule has 0 amide bonds. The van der Waals surface area contributed by atoms with Crippen molar-refractivity contribution in [1.29, 1.82) is 0 Å². The van der Waals surface area contributed by atoms with Crippen LogP contribution in [0.25, 0.3) is 0 Å². The van der Waals surface area contributed by atoms with Crippen LogP contribution in [0.15, 0.2) is 18.2 Å². The van der Waals surface area contributed by atoms with E-state index in [1.54, 1.807) is 0 Å². The largest absolute Gasteiger partial charge is 0.297 e. The number of halogens is 2. The molecule has 0 N–H and O–H groups in total. The predicted octanol–water partition coefficient (Wildman–Crippen LogP) is 3.70. The van der Waals surface area contributed by atoms with E-state index in [0.717, 1.165) is 64.0 Å². The van der Waals surface area contributed by atoms with Crippen molar-refractivity contribution in [2.75, 3.05) is 26.2 Å². The lowest BCUT2D eigenvalue weighted by atomic mass is 9.89. The maximum absolute atomic E-state index is 11.3. The van der Waals surface area contributed by atoms with Gasteiger partial charge in [-0.1, -0.05) is 35.7 Å². The van der Waals surface area contributed by atoms with Gasteiger partial charge in [0.2, 0.25) is 6.04 Å². The summed E-state index contributed by atoms with van der Waals surface area (Å²) in [6.45, 7) is 4.50. The molecule has 24 heavy (non-hydrogen) atoms. The summed E-state index contributed by atoms with van der Waals surface area (Å²) in [7, 11) is 0. The monoisotopic (exact) mass is 371 g/mol. The third kappa shape index (κ3) is 4.20. The topological polar surface area (TPSA) is 49.6 Å². The maximum atomic E-state index is 11.3. The lowest BCUT2D eigenvalue weighted by Gasteiger charge is -2.41. The zero-order chi connectivity index (χ0) is 17.1. The van der Waals surface area contributed by atoms with Crippen LogP contribution in [0.1, 0.15) is 31.2 Å². The average Bonchev–Trinajstić information content (AvgIpc) is 2.59. The van der Waals surface area contributed by atoms with E-state index in [0.29, 0.717) is 10.0 Å². The van der Waals surface area contributed by atoms with Gasteiger partial charge >= 0.3 is 0 Å². The fourth-order valence-electron chi connectivity index (χ4n) is 3.91. The number of rotatable bonds is 4. The highest BCUT2D eigenvalue weighted by molar-refractivity contribution is 6.42. The van der Waals surface area contributed by atoms with Crippen molar-refractivity contribution in [2.45, 2.75) is 44.3 Å². The van der Waals surface area contributed by atoms with Gasteiger partial charge in [0, 0.05) is 44.1 Å². The van der Waals surface area contributed by atoms with E-state index >= 15 is 0 Å². The minimum atomic E-state index is -0.389. The van der Waals surface area contributed by atoms with Crippen LogP contribution in [-0.4, -0.2) is 53.0 Å². The van der Waals surface area contributed by atoms with E-state index < -0.39 is 0 Å². The van der Waals surface area contributed by atoms with Crippen LogP contribution in [0, 0.1) is 10.1 Å². The smallest absolute Gasteiger partial charge is 0.228 e. The fourth-order valence-corrected chi connectivity index (χ4v) is 4.23. The molecule has 2 aliphatic rings. The Morgan fingerprint density at radius 3 is 2.46 bits per heavy atom. The summed E-state index contributed by atoms with van der Waals surface area (Å²) in [5.74, 6) is 0. The van der Waals surface area contributed by atoms with Gasteiger partial charge in [0.1, 0.15) is 0 Å². The fraction of sp³-hybridized carbons (Fsp3) is 0.647. The van der Waals surface area contributed by atoms with Gasteiger partial charge < -0.3 is 0 Å². The molecular formula is C17H23Cl2N3O2. The third-order valence-corrected chi connectivity index (χ3v) is 5.97.